The lowest BCUT2D eigenvalue weighted by Gasteiger charge is -2.36. The van der Waals surface area contributed by atoms with Gasteiger partial charge in [0, 0.05) is 32.6 Å². The molecule has 1 aliphatic rings. The van der Waals surface area contributed by atoms with E-state index in [0.717, 1.165) is 12.0 Å². The highest BCUT2D eigenvalue weighted by atomic mass is 32.2. The minimum Gasteiger partial charge on any atom is -0.338 e. The van der Waals surface area contributed by atoms with E-state index in [-0.39, 0.29) is 11.8 Å². The molecule has 1 aliphatic heterocycles. The standard InChI is InChI=1S/C17H24N4O3S/c1-3-16-18-17(24-19-16)14(2)20-9-11-21(12-10-20)25(22,23)13-15-7-5-4-6-8-15/h4-8,14H,3,9-13H2,1-2H3/t14-/m1/s1. The highest BCUT2D eigenvalue weighted by Crippen LogP contribution is 2.22. The first kappa shape index (κ1) is 18.0. The molecular formula is C17H24N4O3S. The Labute approximate surface area is 148 Å². The topological polar surface area (TPSA) is 79.5 Å². The molecule has 0 N–H and O–H groups in total. The van der Waals surface area contributed by atoms with Crippen LogP contribution in [0.2, 0.25) is 0 Å². The third kappa shape index (κ3) is 4.26. The molecule has 1 aromatic heterocycles. The number of hydrogen-bond donors (Lipinski definition) is 0. The predicted octanol–water partition coefficient (Wildman–Crippen LogP) is 1.84. The van der Waals surface area contributed by atoms with E-state index in [1.165, 1.54) is 0 Å². The average Bonchev–Trinajstić information content (AvgIpc) is 3.11. The summed E-state index contributed by atoms with van der Waals surface area (Å²) in [5.74, 6) is 1.34. The van der Waals surface area contributed by atoms with Gasteiger partial charge in [0.2, 0.25) is 15.9 Å². The van der Waals surface area contributed by atoms with Crippen LogP contribution in [0.15, 0.2) is 34.9 Å². The van der Waals surface area contributed by atoms with Crippen LogP contribution in [-0.4, -0.2) is 53.9 Å². The van der Waals surface area contributed by atoms with Crippen LogP contribution in [0.4, 0.5) is 0 Å². The summed E-state index contributed by atoms with van der Waals surface area (Å²) in [7, 11) is -3.29. The van der Waals surface area contributed by atoms with Gasteiger partial charge in [-0.05, 0) is 12.5 Å². The lowest BCUT2D eigenvalue weighted by Crippen LogP contribution is -2.49. The van der Waals surface area contributed by atoms with E-state index in [9.17, 15) is 8.42 Å². The number of piperazine rings is 1. The summed E-state index contributed by atoms with van der Waals surface area (Å²) in [6.45, 7) is 6.26. The summed E-state index contributed by atoms with van der Waals surface area (Å²) in [5, 5.41) is 3.93. The van der Waals surface area contributed by atoms with Gasteiger partial charge >= 0.3 is 0 Å². The Morgan fingerprint density at radius 1 is 1.16 bits per heavy atom. The van der Waals surface area contributed by atoms with Crippen molar-refractivity contribution >= 4 is 10.0 Å². The lowest BCUT2D eigenvalue weighted by atomic mass is 10.2. The first-order valence-corrected chi connectivity index (χ1v) is 10.2. The minimum absolute atomic E-state index is 0.00761. The molecule has 0 amide bonds. The Morgan fingerprint density at radius 3 is 2.44 bits per heavy atom. The van der Waals surface area contributed by atoms with Crippen LogP contribution in [0.1, 0.15) is 37.2 Å². The zero-order valence-corrected chi connectivity index (χ0v) is 15.4. The van der Waals surface area contributed by atoms with Crippen LogP contribution in [0.25, 0.3) is 0 Å². The molecular weight excluding hydrogens is 340 g/mol. The zero-order chi connectivity index (χ0) is 17.9. The summed E-state index contributed by atoms with van der Waals surface area (Å²) < 4.78 is 32.1. The number of benzene rings is 1. The molecule has 7 nitrogen and oxygen atoms in total. The molecule has 0 saturated carbocycles. The quantitative estimate of drug-likeness (QED) is 0.778. The molecule has 1 atom stereocenters. The van der Waals surface area contributed by atoms with E-state index < -0.39 is 10.0 Å². The Morgan fingerprint density at radius 2 is 1.84 bits per heavy atom. The molecule has 136 valence electrons. The SMILES string of the molecule is CCc1noc([C@@H](C)N2CCN(S(=O)(=O)Cc3ccccc3)CC2)n1. The van der Waals surface area contributed by atoms with Gasteiger partial charge in [-0.1, -0.05) is 42.4 Å². The molecule has 0 aliphatic carbocycles. The molecule has 0 unspecified atom stereocenters. The number of sulfonamides is 1. The van der Waals surface area contributed by atoms with Crippen LogP contribution in [0, 0.1) is 0 Å². The fourth-order valence-corrected chi connectivity index (χ4v) is 4.50. The number of rotatable bonds is 6. The van der Waals surface area contributed by atoms with Gasteiger partial charge < -0.3 is 4.52 Å². The normalized spacial score (nSPS) is 18.3. The van der Waals surface area contributed by atoms with Gasteiger partial charge in [0.1, 0.15) is 0 Å². The van der Waals surface area contributed by atoms with Gasteiger partial charge in [-0.25, -0.2) is 8.42 Å². The fourth-order valence-electron chi connectivity index (χ4n) is 2.98. The summed E-state index contributed by atoms with van der Waals surface area (Å²) >= 11 is 0. The van der Waals surface area contributed by atoms with E-state index in [0.29, 0.717) is 37.9 Å². The molecule has 8 heteroatoms. The maximum atomic E-state index is 12.6. The van der Waals surface area contributed by atoms with Crippen LogP contribution in [0.3, 0.4) is 0 Å². The molecule has 1 fully saturated rings. The van der Waals surface area contributed by atoms with E-state index in [4.69, 9.17) is 4.52 Å². The second-order valence-electron chi connectivity index (χ2n) is 6.26. The monoisotopic (exact) mass is 364 g/mol. The molecule has 25 heavy (non-hydrogen) atoms. The van der Waals surface area contributed by atoms with Crippen molar-refractivity contribution in [2.24, 2.45) is 0 Å². The lowest BCUT2D eigenvalue weighted by molar-refractivity contribution is 0.124. The van der Waals surface area contributed by atoms with Crippen LogP contribution in [-0.2, 0) is 22.2 Å². The highest BCUT2D eigenvalue weighted by molar-refractivity contribution is 7.88. The summed E-state index contributed by atoms with van der Waals surface area (Å²) in [6.07, 6.45) is 0.738. The van der Waals surface area contributed by atoms with Crippen molar-refractivity contribution in [3.05, 3.63) is 47.6 Å². The Balaban J connectivity index is 1.59. The molecule has 3 rings (SSSR count). The third-order valence-corrected chi connectivity index (χ3v) is 6.41. The van der Waals surface area contributed by atoms with Crippen molar-refractivity contribution in [2.75, 3.05) is 26.2 Å². The Kier molecular flexibility index (Phi) is 5.51. The number of nitrogens with zero attached hydrogens (tertiary/aromatic N) is 4. The Bertz CT molecular complexity index is 783. The van der Waals surface area contributed by atoms with Gasteiger partial charge in [-0.3, -0.25) is 4.90 Å². The number of hydrogen-bond acceptors (Lipinski definition) is 6. The highest BCUT2D eigenvalue weighted by Gasteiger charge is 2.30. The van der Waals surface area contributed by atoms with Gasteiger partial charge in [0.25, 0.3) is 0 Å². The van der Waals surface area contributed by atoms with Crippen LogP contribution >= 0.6 is 0 Å². The molecule has 1 saturated heterocycles. The van der Waals surface area contributed by atoms with Crippen molar-refractivity contribution < 1.29 is 12.9 Å². The molecule has 1 aromatic carbocycles. The maximum absolute atomic E-state index is 12.6. The molecule has 0 radical (unpaired) electrons. The zero-order valence-electron chi connectivity index (χ0n) is 14.6. The fraction of sp³-hybridized carbons (Fsp3) is 0.529. The summed E-state index contributed by atoms with van der Waals surface area (Å²) in [4.78, 5) is 6.56. The molecule has 2 heterocycles. The van der Waals surface area contributed by atoms with Gasteiger partial charge in [0.05, 0.1) is 11.8 Å². The van der Waals surface area contributed by atoms with Crippen LogP contribution in [0.5, 0.6) is 0 Å². The summed E-state index contributed by atoms with van der Waals surface area (Å²) in [6, 6.07) is 9.29. The van der Waals surface area contributed by atoms with Gasteiger partial charge in [-0.2, -0.15) is 9.29 Å². The maximum Gasteiger partial charge on any atom is 0.243 e. The van der Waals surface area contributed by atoms with E-state index >= 15 is 0 Å². The van der Waals surface area contributed by atoms with Crippen molar-refractivity contribution in [3.63, 3.8) is 0 Å². The van der Waals surface area contributed by atoms with Crippen molar-refractivity contribution in [3.8, 4) is 0 Å². The van der Waals surface area contributed by atoms with E-state index in [2.05, 4.69) is 15.0 Å². The van der Waals surface area contributed by atoms with Crippen molar-refractivity contribution in [1.29, 1.82) is 0 Å². The number of aryl methyl sites for hydroxylation is 1. The van der Waals surface area contributed by atoms with Crippen molar-refractivity contribution in [1.82, 2.24) is 19.3 Å². The largest absolute Gasteiger partial charge is 0.338 e. The van der Waals surface area contributed by atoms with E-state index in [1.807, 2.05) is 44.2 Å². The Hall–Kier alpha value is -1.77. The molecule has 0 spiro atoms. The first-order valence-electron chi connectivity index (χ1n) is 8.58. The van der Waals surface area contributed by atoms with Crippen molar-refractivity contribution in [2.45, 2.75) is 32.1 Å². The number of aromatic nitrogens is 2. The summed E-state index contributed by atoms with van der Waals surface area (Å²) in [5.41, 5.74) is 0.816. The predicted molar refractivity (Wildman–Crippen MR) is 94.3 cm³/mol. The molecule has 2 aromatic rings. The molecule has 0 bridgehead atoms. The smallest absolute Gasteiger partial charge is 0.243 e. The van der Waals surface area contributed by atoms with Gasteiger partial charge in [-0.15, -0.1) is 0 Å². The van der Waals surface area contributed by atoms with E-state index in [1.54, 1.807) is 4.31 Å². The van der Waals surface area contributed by atoms with Gasteiger partial charge in [0.15, 0.2) is 5.82 Å². The first-order chi connectivity index (χ1) is 12.0. The average molecular weight is 364 g/mol. The minimum atomic E-state index is -3.29. The third-order valence-electron chi connectivity index (χ3n) is 4.56. The van der Waals surface area contributed by atoms with Crippen LogP contribution < -0.4 is 0 Å². The second-order valence-corrected chi connectivity index (χ2v) is 8.22. The second kappa shape index (κ2) is 7.63.